The van der Waals surface area contributed by atoms with Gasteiger partial charge in [0, 0.05) is 12.2 Å². The van der Waals surface area contributed by atoms with E-state index in [9.17, 15) is 18.0 Å². The molecular weight excluding hydrogens is 356 g/mol. The van der Waals surface area contributed by atoms with E-state index in [4.69, 9.17) is 16.7 Å². The third-order valence-electron chi connectivity index (χ3n) is 3.79. The summed E-state index contributed by atoms with van der Waals surface area (Å²) in [6.45, 7) is 2.10. The highest BCUT2D eigenvalue weighted by Crippen LogP contribution is 2.25. The van der Waals surface area contributed by atoms with Crippen LogP contribution in [0.25, 0.3) is 0 Å². The van der Waals surface area contributed by atoms with Crippen LogP contribution in [0.1, 0.15) is 36.5 Å². The molecule has 0 bridgehead atoms. The van der Waals surface area contributed by atoms with Gasteiger partial charge in [0.2, 0.25) is 15.9 Å². The highest BCUT2D eigenvalue weighted by atomic mass is 35.5. The number of carboxylic acids is 1. The predicted octanol–water partition coefficient (Wildman–Crippen LogP) is 2.18. The number of hydrogen-bond donors (Lipinski definition) is 2. The maximum atomic E-state index is 12.4. The summed E-state index contributed by atoms with van der Waals surface area (Å²) < 4.78 is 25.7. The molecule has 2 N–H and O–H groups in total. The lowest BCUT2D eigenvalue weighted by Gasteiger charge is -2.23. The number of aromatic carboxylic acids is 1. The first-order chi connectivity index (χ1) is 11.3. The minimum Gasteiger partial charge on any atom is -0.478 e. The van der Waals surface area contributed by atoms with Crippen molar-refractivity contribution in [1.82, 2.24) is 4.31 Å². The standard InChI is InChI=1S/C15H19ClN2O5S/c1-2-8-24(22,23)18-7-3-4-13(18)14(19)17-10-5-6-11(15(20)21)12(16)9-10/h5-6,9,13H,2-4,7-8H2,1H3,(H,17,19)(H,20,21). The molecule has 0 aliphatic carbocycles. The van der Waals surface area contributed by atoms with E-state index in [2.05, 4.69) is 5.32 Å². The Hall–Kier alpha value is -1.64. The maximum Gasteiger partial charge on any atom is 0.337 e. The van der Waals surface area contributed by atoms with E-state index < -0.39 is 27.9 Å². The largest absolute Gasteiger partial charge is 0.478 e. The van der Waals surface area contributed by atoms with Crippen LogP contribution < -0.4 is 5.32 Å². The fourth-order valence-corrected chi connectivity index (χ4v) is 4.71. The number of carbonyl (C=O) groups excluding carboxylic acids is 1. The first-order valence-electron chi connectivity index (χ1n) is 7.59. The van der Waals surface area contributed by atoms with Crippen molar-refractivity contribution in [3.63, 3.8) is 0 Å². The fraction of sp³-hybridized carbons (Fsp3) is 0.467. The monoisotopic (exact) mass is 374 g/mol. The number of nitrogens with zero attached hydrogens (tertiary/aromatic N) is 1. The SMILES string of the molecule is CCCS(=O)(=O)N1CCCC1C(=O)Nc1ccc(C(=O)O)c(Cl)c1. The molecule has 1 fully saturated rings. The molecule has 132 valence electrons. The molecule has 1 amide bonds. The smallest absolute Gasteiger partial charge is 0.337 e. The van der Waals surface area contributed by atoms with Crippen molar-refractivity contribution in [3.8, 4) is 0 Å². The van der Waals surface area contributed by atoms with E-state index in [1.54, 1.807) is 6.92 Å². The first-order valence-corrected chi connectivity index (χ1v) is 9.58. The second-order valence-electron chi connectivity index (χ2n) is 5.57. The summed E-state index contributed by atoms with van der Waals surface area (Å²) >= 11 is 5.87. The molecular formula is C15H19ClN2O5S. The molecule has 1 atom stereocenters. The van der Waals surface area contributed by atoms with E-state index >= 15 is 0 Å². The lowest BCUT2D eigenvalue weighted by molar-refractivity contribution is -0.119. The third-order valence-corrected chi connectivity index (χ3v) is 6.18. The Morgan fingerprint density at radius 1 is 1.42 bits per heavy atom. The molecule has 0 aromatic heterocycles. The van der Waals surface area contributed by atoms with Crippen molar-refractivity contribution >= 4 is 39.2 Å². The molecule has 0 spiro atoms. The van der Waals surface area contributed by atoms with Crippen LogP contribution in [0.3, 0.4) is 0 Å². The Morgan fingerprint density at radius 3 is 2.71 bits per heavy atom. The molecule has 0 saturated carbocycles. The normalized spacial score (nSPS) is 18.5. The van der Waals surface area contributed by atoms with E-state index in [0.29, 0.717) is 31.5 Å². The van der Waals surface area contributed by atoms with Crippen LogP contribution in [0, 0.1) is 0 Å². The fourth-order valence-electron chi connectivity index (χ4n) is 2.70. The maximum absolute atomic E-state index is 12.4. The zero-order chi connectivity index (χ0) is 17.9. The van der Waals surface area contributed by atoms with Crippen LogP contribution in [0.4, 0.5) is 5.69 Å². The number of rotatable bonds is 6. The number of carboxylic acid groups (broad SMARTS) is 1. The zero-order valence-electron chi connectivity index (χ0n) is 13.2. The summed E-state index contributed by atoms with van der Waals surface area (Å²) in [5.74, 6) is -1.59. The van der Waals surface area contributed by atoms with E-state index in [-0.39, 0.29) is 16.3 Å². The summed E-state index contributed by atoms with van der Waals surface area (Å²) in [6.07, 6.45) is 1.56. The van der Waals surface area contributed by atoms with Crippen molar-refractivity contribution in [3.05, 3.63) is 28.8 Å². The average molecular weight is 375 g/mol. The van der Waals surface area contributed by atoms with Crippen LogP contribution in [-0.2, 0) is 14.8 Å². The Kier molecular flexibility index (Phi) is 5.84. The lowest BCUT2D eigenvalue weighted by atomic mass is 10.2. The number of carbonyl (C=O) groups is 2. The van der Waals surface area contributed by atoms with Crippen molar-refractivity contribution in [1.29, 1.82) is 0 Å². The van der Waals surface area contributed by atoms with Crippen LogP contribution in [0.2, 0.25) is 5.02 Å². The Balaban J connectivity index is 2.14. The van der Waals surface area contributed by atoms with Crippen molar-refractivity contribution in [2.45, 2.75) is 32.2 Å². The summed E-state index contributed by atoms with van der Waals surface area (Å²) in [7, 11) is -3.45. The van der Waals surface area contributed by atoms with E-state index in [1.807, 2.05) is 0 Å². The van der Waals surface area contributed by atoms with Crippen LogP contribution in [-0.4, -0.2) is 48.0 Å². The quantitative estimate of drug-likeness (QED) is 0.794. The van der Waals surface area contributed by atoms with Gasteiger partial charge in [-0.15, -0.1) is 0 Å². The number of halogens is 1. The summed E-state index contributed by atoms with van der Waals surface area (Å²) in [5, 5.41) is 11.6. The topological polar surface area (TPSA) is 104 Å². The molecule has 2 rings (SSSR count). The molecule has 1 aromatic rings. The van der Waals surface area contributed by atoms with E-state index in [1.165, 1.54) is 22.5 Å². The second kappa shape index (κ2) is 7.50. The van der Waals surface area contributed by atoms with Crippen molar-refractivity contribution in [2.24, 2.45) is 0 Å². The minimum absolute atomic E-state index is 0.00202. The number of benzene rings is 1. The minimum atomic E-state index is -3.45. The molecule has 1 aromatic carbocycles. The molecule has 1 heterocycles. The lowest BCUT2D eigenvalue weighted by Crippen LogP contribution is -2.44. The molecule has 0 radical (unpaired) electrons. The third kappa shape index (κ3) is 4.06. The van der Waals surface area contributed by atoms with Crippen LogP contribution >= 0.6 is 11.6 Å². The predicted molar refractivity (Wildman–Crippen MR) is 90.8 cm³/mol. The summed E-state index contributed by atoms with van der Waals surface area (Å²) in [6, 6.07) is 3.30. The molecule has 1 unspecified atom stereocenters. The van der Waals surface area contributed by atoms with Gasteiger partial charge in [-0.05, 0) is 37.5 Å². The number of sulfonamides is 1. The molecule has 1 aliphatic heterocycles. The van der Waals surface area contributed by atoms with Crippen molar-refractivity contribution < 1.29 is 23.1 Å². The number of nitrogens with one attached hydrogen (secondary N) is 1. The molecule has 1 aliphatic rings. The molecule has 9 heteroatoms. The van der Waals surface area contributed by atoms with Gasteiger partial charge in [-0.25, -0.2) is 13.2 Å². The van der Waals surface area contributed by atoms with E-state index in [0.717, 1.165) is 0 Å². The summed E-state index contributed by atoms with van der Waals surface area (Å²) in [4.78, 5) is 23.4. The molecule has 7 nitrogen and oxygen atoms in total. The highest BCUT2D eigenvalue weighted by molar-refractivity contribution is 7.89. The van der Waals surface area contributed by atoms with Crippen LogP contribution in [0.15, 0.2) is 18.2 Å². The van der Waals surface area contributed by atoms with Gasteiger partial charge in [0.1, 0.15) is 6.04 Å². The van der Waals surface area contributed by atoms with Gasteiger partial charge in [-0.3, -0.25) is 4.79 Å². The number of amides is 1. The average Bonchev–Trinajstić information content (AvgIpc) is 2.97. The second-order valence-corrected chi connectivity index (χ2v) is 8.02. The highest BCUT2D eigenvalue weighted by Gasteiger charge is 2.38. The Bertz CT molecular complexity index is 750. The first kappa shape index (κ1) is 18.7. The Labute approximate surface area is 145 Å². The molecule has 24 heavy (non-hydrogen) atoms. The van der Waals surface area contributed by atoms with Crippen molar-refractivity contribution in [2.75, 3.05) is 17.6 Å². The van der Waals surface area contributed by atoms with Gasteiger partial charge in [0.05, 0.1) is 16.3 Å². The Morgan fingerprint density at radius 2 is 2.12 bits per heavy atom. The molecule has 1 saturated heterocycles. The van der Waals surface area contributed by atoms with Gasteiger partial charge in [0.15, 0.2) is 0 Å². The zero-order valence-corrected chi connectivity index (χ0v) is 14.7. The van der Waals surface area contributed by atoms with Crippen LogP contribution in [0.5, 0.6) is 0 Å². The van der Waals surface area contributed by atoms with Gasteiger partial charge < -0.3 is 10.4 Å². The van der Waals surface area contributed by atoms with Gasteiger partial charge in [-0.2, -0.15) is 4.31 Å². The van der Waals surface area contributed by atoms with Gasteiger partial charge >= 0.3 is 5.97 Å². The van der Waals surface area contributed by atoms with Gasteiger partial charge in [-0.1, -0.05) is 18.5 Å². The number of hydrogen-bond acceptors (Lipinski definition) is 4. The van der Waals surface area contributed by atoms with Gasteiger partial charge in [0.25, 0.3) is 0 Å². The number of anilines is 1. The summed E-state index contributed by atoms with van der Waals surface area (Å²) in [5.41, 5.74) is 0.262.